The first-order valence-electron chi connectivity index (χ1n) is 7.38. The van der Waals surface area contributed by atoms with E-state index in [9.17, 15) is 4.79 Å². The summed E-state index contributed by atoms with van der Waals surface area (Å²) >= 11 is 0. The SMILES string of the molecule is O=c1cc(CCCCc2ccccc2)oc2ccccc12. The fourth-order valence-corrected chi connectivity index (χ4v) is 2.55. The van der Waals surface area contributed by atoms with Crippen molar-refractivity contribution < 1.29 is 4.42 Å². The van der Waals surface area contributed by atoms with E-state index in [0.717, 1.165) is 31.4 Å². The topological polar surface area (TPSA) is 30.2 Å². The molecule has 3 rings (SSSR count). The van der Waals surface area contributed by atoms with Crippen LogP contribution in [-0.4, -0.2) is 0 Å². The summed E-state index contributed by atoms with van der Waals surface area (Å²) in [4.78, 5) is 12.0. The smallest absolute Gasteiger partial charge is 0.192 e. The van der Waals surface area contributed by atoms with Gasteiger partial charge in [0.05, 0.1) is 5.39 Å². The van der Waals surface area contributed by atoms with E-state index in [4.69, 9.17) is 4.42 Å². The summed E-state index contributed by atoms with van der Waals surface area (Å²) in [5.74, 6) is 0.784. The molecule has 1 heterocycles. The van der Waals surface area contributed by atoms with Gasteiger partial charge in [0, 0.05) is 12.5 Å². The third kappa shape index (κ3) is 3.40. The van der Waals surface area contributed by atoms with Gasteiger partial charge in [-0.15, -0.1) is 0 Å². The monoisotopic (exact) mass is 278 g/mol. The molecule has 0 aliphatic rings. The van der Waals surface area contributed by atoms with Gasteiger partial charge in [0.15, 0.2) is 5.43 Å². The molecule has 0 aliphatic heterocycles. The molecule has 21 heavy (non-hydrogen) atoms. The normalized spacial score (nSPS) is 10.9. The molecule has 0 N–H and O–H groups in total. The van der Waals surface area contributed by atoms with Crippen LogP contribution in [0.15, 0.2) is 69.9 Å². The summed E-state index contributed by atoms with van der Waals surface area (Å²) in [5.41, 5.74) is 2.09. The summed E-state index contributed by atoms with van der Waals surface area (Å²) in [7, 11) is 0. The number of aryl methyl sites for hydroxylation is 2. The third-order valence-electron chi connectivity index (χ3n) is 3.67. The van der Waals surface area contributed by atoms with E-state index in [1.807, 2.05) is 24.3 Å². The lowest BCUT2D eigenvalue weighted by molar-refractivity contribution is 0.520. The molecule has 0 unspecified atom stereocenters. The molecular weight excluding hydrogens is 260 g/mol. The lowest BCUT2D eigenvalue weighted by Gasteiger charge is -2.03. The van der Waals surface area contributed by atoms with Gasteiger partial charge in [0.25, 0.3) is 0 Å². The molecule has 0 spiro atoms. The Kier molecular flexibility index (Phi) is 4.15. The number of benzene rings is 2. The van der Waals surface area contributed by atoms with Gasteiger partial charge in [-0.1, -0.05) is 42.5 Å². The standard InChI is InChI=1S/C19H18O2/c20-18-14-16(21-19-13-7-6-12-17(18)19)11-5-4-10-15-8-2-1-3-9-15/h1-3,6-9,12-14H,4-5,10-11H2. The van der Waals surface area contributed by atoms with Crippen molar-refractivity contribution in [3.8, 4) is 0 Å². The van der Waals surface area contributed by atoms with Gasteiger partial charge in [-0.25, -0.2) is 0 Å². The van der Waals surface area contributed by atoms with Crippen molar-refractivity contribution in [2.45, 2.75) is 25.7 Å². The largest absolute Gasteiger partial charge is 0.461 e. The molecule has 0 amide bonds. The number of fused-ring (bicyclic) bond motifs is 1. The van der Waals surface area contributed by atoms with Crippen LogP contribution in [0.4, 0.5) is 0 Å². The third-order valence-corrected chi connectivity index (χ3v) is 3.67. The van der Waals surface area contributed by atoms with Gasteiger partial charge >= 0.3 is 0 Å². The van der Waals surface area contributed by atoms with Gasteiger partial charge in [-0.2, -0.15) is 0 Å². The highest BCUT2D eigenvalue weighted by Crippen LogP contribution is 2.14. The lowest BCUT2D eigenvalue weighted by atomic mass is 10.1. The molecule has 2 nitrogen and oxygen atoms in total. The van der Waals surface area contributed by atoms with E-state index in [1.54, 1.807) is 12.1 Å². The van der Waals surface area contributed by atoms with Crippen LogP contribution in [0.1, 0.15) is 24.2 Å². The Labute approximate surface area is 124 Å². The number of rotatable bonds is 5. The summed E-state index contributed by atoms with van der Waals surface area (Å²) in [6.45, 7) is 0. The van der Waals surface area contributed by atoms with E-state index in [1.165, 1.54) is 5.56 Å². The van der Waals surface area contributed by atoms with E-state index in [-0.39, 0.29) is 5.43 Å². The van der Waals surface area contributed by atoms with Crippen molar-refractivity contribution in [3.05, 3.63) is 82.2 Å². The molecule has 0 radical (unpaired) electrons. The Hall–Kier alpha value is -2.35. The first kappa shape index (κ1) is 13.6. The molecule has 0 fully saturated rings. The van der Waals surface area contributed by atoms with Crippen LogP contribution in [0.3, 0.4) is 0 Å². The van der Waals surface area contributed by atoms with Crippen LogP contribution in [0.5, 0.6) is 0 Å². The van der Waals surface area contributed by atoms with Crippen LogP contribution in [0.25, 0.3) is 11.0 Å². The van der Waals surface area contributed by atoms with Crippen molar-refractivity contribution in [1.29, 1.82) is 0 Å². The van der Waals surface area contributed by atoms with Gasteiger partial charge < -0.3 is 4.42 Å². The summed E-state index contributed by atoms with van der Waals surface area (Å²) in [5, 5.41) is 0.658. The first-order valence-corrected chi connectivity index (χ1v) is 7.38. The van der Waals surface area contributed by atoms with E-state index in [0.29, 0.717) is 11.0 Å². The zero-order valence-corrected chi connectivity index (χ0v) is 11.9. The maximum atomic E-state index is 12.0. The maximum Gasteiger partial charge on any atom is 0.192 e. The molecule has 3 aromatic rings. The van der Waals surface area contributed by atoms with Crippen LogP contribution in [0.2, 0.25) is 0 Å². The minimum absolute atomic E-state index is 0.0508. The lowest BCUT2D eigenvalue weighted by Crippen LogP contribution is -2.02. The van der Waals surface area contributed by atoms with Crippen molar-refractivity contribution in [1.82, 2.24) is 0 Å². The molecule has 1 aromatic heterocycles. The Bertz CT molecular complexity index is 772. The highest BCUT2D eigenvalue weighted by molar-refractivity contribution is 5.76. The number of unbranched alkanes of at least 4 members (excludes halogenated alkanes) is 1. The quantitative estimate of drug-likeness (QED) is 0.649. The van der Waals surface area contributed by atoms with Crippen molar-refractivity contribution in [2.24, 2.45) is 0 Å². The van der Waals surface area contributed by atoms with Crippen LogP contribution in [0, 0.1) is 0 Å². The Morgan fingerprint density at radius 3 is 2.38 bits per heavy atom. The number of para-hydroxylation sites is 1. The summed E-state index contributed by atoms with van der Waals surface area (Å²) < 4.78 is 5.79. The second kappa shape index (κ2) is 6.40. The number of hydrogen-bond donors (Lipinski definition) is 0. The maximum absolute atomic E-state index is 12.0. The zero-order valence-electron chi connectivity index (χ0n) is 11.9. The molecule has 0 saturated heterocycles. The van der Waals surface area contributed by atoms with Gasteiger partial charge in [0.2, 0.25) is 0 Å². The summed E-state index contributed by atoms with van der Waals surface area (Å²) in [6.07, 6.45) is 4.00. The molecule has 0 saturated carbocycles. The summed E-state index contributed by atoms with van der Waals surface area (Å²) in [6, 6.07) is 19.5. The van der Waals surface area contributed by atoms with Gasteiger partial charge in [-0.05, 0) is 37.0 Å². The van der Waals surface area contributed by atoms with E-state index in [2.05, 4.69) is 24.3 Å². The minimum atomic E-state index is 0.0508. The Balaban J connectivity index is 1.62. The zero-order chi connectivity index (χ0) is 14.5. The fraction of sp³-hybridized carbons (Fsp3) is 0.211. The Morgan fingerprint density at radius 1 is 0.810 bits per heavy atom. The van der Waals surface area contributed by atoms with E-state index >= 15 is 0 Å². The average Bonchev–Trinajstić information content (AvgIpc) is 2.53. The fourth-order valence-electron chi connectivity index (χ4n) is 2.55. The average molecular weight is 278 g/mol. The second-order valence-electron chi connectivity index (χ2n) is 5.27. The van der Waals surface area contributed by atoms with Gasteiger partial charge in [-0.3, -0.25) is 4.79 Å². The molecular formula is C19H18O2. The van der Waals surface area contributed by atoms with Crippen molar-refractivity contribution in [2.75, 3.05) is 0 Å². The molecule has 0 aliphatic carbocycles. The molecule has 2 aromatic carbocycles. The second-order valence-corrected chi connectivity index (χ2v) is 5.27. The molecule has 106 valence electrons. The molecule has 0 atom stereocenters. The predicted octanol–water partition coefficient (Wildman–Crippen LogP) is 4.36. The van der Waals surface area contributed by atoms with Crippen LogP contribution in [-0.2, 0) is 12.8 Å². The molecule has 0 bridgehead atoms. The minimum Gasteiger partial charge on any atom is -0.461 e. The van der Waals surface area contributed by atoms with Crippen LogP contribution < -0.4 is 5.43 Å². The highest BCUT2D eigenvalue weighted by atomic mass is 16.3. The molecule has 2 heteroatoms. The van der Waals surface area contributed by atoms with Crippen molar-refractivity contribution in [3.63, 3.8) is 0 Å². The predicted molar refractivity (Wildman–Crippen MR) is 85.6 cm³/mol. The van der Waals surface area contributed by atoms with Crippen molar-refractivity contribution >= 4 is 11.0 Å². The van der Waals surface area contributed by atoms with Crippen LogP contribution >= 0.6 is 0 Å². The highest BCUT2D eigenvalue weighted by Gasteiger charge is 2.04. The first-order chi connectivity index (χ1) is 10.3. The van der Waals surface area contributed by atoms with Gasteiger partial charge in [0.1, 0.15) is 11.3 Å². The number of hydrogen-bond acceptors (Lipinski definition) is 2. The van der Waals surface area contributed by atoms with E-state index < -0.39 is 0 Å². The Morgan fingerprint density at radius 2 is 1.52 bits per heavy atom.